The molecular weight excluding hydrogens is 253 g/mol. The summed E-state index contributed by atoms with van der Waals surface area (Å²) in [5.74, 6) is 0.583. The average Bonchev–Trinajstić information content (AvgIpc) is 2.73. The van der Waals surface area contributed by atoms with Crippen LogP contribution in [0.1, 0.15) is 52.0 Å². The van der Waals surface area contributed by atoms with Gasteiger partial charge in [-0.15, -0.1) is 0 Å². The summed E-state index contributed by atoms with van der Waals surface area (Å²) < 4.78 is 17.1. The summed E-state index contributed by atoms with van der Waals surface area (Å²) in [5.41, 5.74) is 1.07. The van der Waals surface area contributed by atoms with Gasteiger partial charge in [0.15, 0.2) is 0 Å². The molecule has 2 nitrogen and oxygen atoms in total. The lowest BCUT2D eigenvalue weighted by Crippen LogP contribution is -2.12. The minimum atomic E-state index is -1.24. The molecule has 0 aromatic heterocycles. The van der Waals surface area contributed by atoms with Crippen LogP contribution in [0, 0.1) is 6.92 Å². The molecule has 1 N–H and O–H groups in total. The molecule has 1 atom stereocenters. The van der Waals surface area contributed by atoms with Crippen LogP contribution >= 0.6 is 0 Å². The van der Waals surface area contributed by atoms with Gasteiger partial charge < -0.3 is 10.1 Å². The second-order valence-corrected chi connectivity index (χ2v) is 4.64. The van der Waals surface area contributed by atoms with Crippen molar-refractivity contribution in [2.24, 2.45) is 0 Å². The zero-order valence-corrected chi connectivity index (χ0v) is 13.4. The van der Waals surface area contributed by atoms with Gasteiger partial charge in [0.05, 0.1) is 0 Å². The molecule has 0 radical (unpaired) electrons. The third-order valence-corrected chi connectivity index (χ3v) is 2.75. The first-order chi connectivity index (χ1) is 9.68. The van der Waals surface area contributed by atoms with E-state index in [1.165, 1.54) is 45.7 Å². The summed E-state index contributed by atoms with van der Waals surface area (Å²) in [7, 11) is 0. The normalized spacial score (nSPS) is 15.7. The van der Waals surface area contributed by atoms with E-state index in [0.717, 1.165) is 5.56 Å². The summed E-state index contributed by atoms with van der Waals surface area (Å²) >= 11 is 0. The predicted octanol–water partition coefficient (Wildman–Crippen LogP) is 4.87. The summed E-state index contributed by atoms with van der Waals surface area (Å²) in [4.78, 5) is 0. The number of nitrogens with one attached hydrogen (secondary N) is 1. The van der Waals surface area contributed by atoms with Crippen LogP contribution in [-0.4, -0.2) is 19.4 Å². The number of hydrogen-bond donors (Lipinski definition) is 1. The maximum absolute atomic E-state index is 12.3. The first kappa shape index (κ1) is 18.9. The minimum Gasteiger partial charge on any atom is -0.461 e. The zero-order valence-electron chi connectivity index (χ0n) is 13.4. The van der Waals surface area contributed by atoms with E-state index in [9.17, 15) is 4.39 Å². The minimum absolute atomic E-state index is 0.583. The smallest absolute Gasteiger partial charge is 0.235 e. The number of aryl methyl sites for hydroxylation is 1. The summed E-state index contributed by atoms with van der Waals surface area (Å²) in [6.45, 7) is 9.80. The molecule has 0 spiro atoms. The van der Waals surface area contributed by atoms with Crippen LogP contribution in [0.2, 0.25) is 0 Å². The van der Waals surface area contributed by atoms with Crippen LogP contribution in [0.4, 0.5) is 4.39 Å². The third kappa shape index (κ3) is 10.8. The molecule has 3 heteroatoms. The molecule has 1 unspecified atom stereocenters. The summed E-state index contributed by atoms with van der Waals surface area (Å²) in [6.07, 6.45) is 4.41. The molecule has 0 bridgehead atoms. The number of halogens is 1. The first-order valence-corrected chi connectivity index (χ1v) is 7.76. The van der Waals surface area contributed by atoms with Crippen LogP contribution in [0.25, 0.3) is 0 Å². The maximum Gasteiger partial charge on any atom is 0.235 e. The standard InChI is InChI=1S/C9H11FO.C6H13N.C2H6/c1-7-4-3-5-9(6-7)11-8(2)10;1-2-4-6-7-5-3-1;1-2/h3-6,8H,1-2H3;7H,1-6H2;1-2H3. The van der Waals surface area contributed by atoms with Gasteiger partial charge in [-0.25, -0.2) is 4.39 Å². The van der Waals surface area contributed by atoms with Gasteiger partial charge in [0, 0.05) is 6.92 Å². The second-order valence-electron chi connectivity index (χ2n) is 4.64. The Hall–Kier alpha value is -1.09. The van der Waals surface area contributed by atoms with Gasteiger partial charge in [0.1, 0.15) is 5.75 Å². The molecule has 0 amide bonds. The van der Waals surface area contributed by atoms with E-state index in [4.69, 9.17) is 4.74 Å². The molecule has 1 aromatic rings. The van der Waals surface area contributed by atoms with Crippen LogP contribution < -0.4 is 10.1 Å². The third-order valence-electron chi connectivity index (χ3n) is 2.75. The van der Waals surface area contributed by atoms with E-state index >= 15 is 0 Å². The molecule has 1 fully saturated rings. The highest BCUT2D eigenvalue weighted by Gasteiger charge is 1.98. The molecule has 0 aliphatic carbocycles. The molecule has 1 saturated heterocycles. The quantitative estimate of drug-likeness (QED) is 0.836. The van der Waals surface area contributed by atoms with Crippen LogP contribution in [0.5, 0.6) is 5.75 Å². The highest BCUT2D eigenvalue weighted by molar-refractivity contribution is 5.27. The fraction of sp³-hybridized carbons (Fsp3) is 0.647. The van der Waals surface area contributed by atoms with Gasteiger partial charge in [-0.05, 0) is 50.6 Å². The van der Waals surface area contributed by atoms with Gasteiger partial charge in [-0.1, -0.05) is 38.8 Å². The molecule has 0 saturated carbocycles. The Balaban J connectivity index is 0.000000345. The lowest BCUT2D eigenvalue weighted by Gasteiger charge is -2.06. The van der Waals surface area contributed by atoms with E-state index in [1.807, 2.05) is 32.9 Å². The maximum atomic E-state index is 12.3. The Labute approximate surface area is 123 Å². The van der Waals surface area contributed by atoms with Gasteiger partial charge in [0.25, 0.3) is 0 Å². The van der Waals surface area contributed by atoms with Crippen molar-refractivity contribution in [3.8, 4) is 5.75 Å². The molecule has 20 heavy (non-hydrogen) atoms. The van der Waals surface area contributed by atoms with Crippen molar-refractivity contribution in [3.05, 3.63) is 29.8 Å². The monoisotopic (exact) mass is 283 g/mol. The van der Waals surface area contributed by atoms with Gasteiger partial charge in [-0.2, -0.15) is 0 Å². The average molecular weight is 283 g/mol. The first-order valence-electron chi connectivity index (χ1n) is 7.76. The lowest BCUT2D eigenvalue weighted by atomic mass is 10.2. The zero-order chi connectivity index (χ0) is 15.2. The van der Waals surface area contributed by atoms with E-state index in [1.54, 1.807) is 12.1 Å². The Bertz CT molecular complexity index is 309. The Morgan fingerprint density at radius 1 is 1.10 bits per heavy atom. The number of benzene rings is 1. The lowest BCUT2D eigenvalue weighted by molar-refractivity contribution is 0.0860. The molecule has 1 aliphatic heterocycles. The molecule has 1 aliphatic rings. The number of hydrogen-bond acceptors (Lipinski definition) is 2. The van der Waals surface area contributed by atoms with Crippen molar-refractivity contribution in [3.63, 3.8) is 0 Å². The Morgan fingerprint density at radius 2 is 1.70 bits per heavy atom. The van der Waals surface area contributed by atoms with Crippen LogP contribution in [0.15, 0.2) is 24.3 Å². The van der Waals surface area contributed by atoms with Crippen molar-refractivity contribution in [1.29, 1.82) is 0 Å². The van der Waals surface area contributed by atoms with Crippen molar-refractivity contribution in [1.82, 2.24) is 5.32 Å². The molecule has 1 heterocycles. The van der Waals surface area contributed by atoms with Gasteiger partial charge in [0.2, 0.25) is 6.36 Å². The fourth-order valence-corrected chi connectivity index (χ4v) is 1.85. The fourth-order valence-electron chi connectivity index (χ4n) is 1.85. The number of rotatable bonds is 2. The molecule has 2 rings (SSSR count). The number of alkyl halides is 1. The molecular formula is C17H30FNO. The van der Waals surface area contributed by atoms with Crippen molar-refractivity contribution in [2.45, 2.75) is 59.7 Å². The predicted molar refractivity (Wildman–Crippen MR) is 85.1 cm³/mol. The SMILES string of the molecule is C1CCCNCC1.CC.Cc1cccc(OC(C)F)c1. The largest absolute Gasteiger partial charge is 0.461 e. The van der Waals surface area contributed by atoms with E-state index in [-0.39, 0.29) is 0 Å². The summed E-state index contributed by atoms with van der Waals surface area (Å²) in [5, 5.41) is 3.35. The molecule has 116 valence electrons. The van der Waals surface area contributed by atoms with E-state index in [0.29, 0.717) is 5.75 Å². The topological polar surface area (TPSA) is 21.3 Å². The second kappa shape index (κ2) is 12.9. The van der Waals surface area contributed by atoms with Gasteiger partial charge >= 0.3 is 0 Å². The summed E-state index contributed by atoms with van der Waals surface area (Å²) in [6, 6.07) is 7.32. The van der Waals surface area contributed by atoms with Crippen molar-refractivity contribution < 1.29 is 9.13 Å². The van der Waals surface area contributed by atoms with E-state index in [2.05, 4.69) is 5.32 Å². The highest BCUT2D eigenvalue weighted by Crippen LogP contribution is 2.14. The number of ether oxygens (including phenoxy) is 1. The van der Waals surface area contributed by atoms with Crippen LogP contribution in [-0.2, 0) is 0 Å². The Morgan fingerprint density at radius 3 is 2.20 bits per heavy atom. The highest BCUT2D eigenvalue weighted by atomic mass is 19.1. The van der Waals surface area contributed by atoms with Crippen molar-refractivity contribution >= 4 is 0 Å². The van der Waals surface area contributed by atoms with Crippen LogP contribution in [0.3, 0.4) is 0 Å². The van der Waals surface area contributed by atoms with Gasteiger partial charge in [-0.3, -0.25) is 0 Å². The van der Waals surface area contributed by atoms with E-state index < -0.39 is 6.36 Å². The van der Waals surface area contributed by atoms with Crippen molar-refractivity contribution in [2.75, 3.05) is 13.1 Å². The Kier molecular flexibility index (Phi) is 12.2. The molecule has 1 aromatic carbocycles.